The van der Waals surface area contributed by atoms with Gasteiger partial charge in [-0.1, -0.05) is 37.5 Å². The molecular formula is C23H29NO3. The Balaban J connectivity index is 1.61. The number of hydrogen-bond donors (Lipinski definition) is 0. The first-order chi connectivity index (χ1) is 13.0. The molecule has 0 spiro atoms. The first-order valence-electron chi connectivity index (χ1n) is 9.72. The monoisotopic (exact) mass is 367 g/mol. The number of piperidine rings is 1. The number of carbonyl (C=O) groups is 1. The molecule has 1 amide bonds. The summed E-state index contributed by atoms with van der Waals surface area (Å²) in [7, 11) is 0. The van der Waals surface area contributed by atoms with Crippen molar-refractivity contribution in [1.29, 1.82) is 0 Å². The van der Waals surface area contributed by atoms with E-state index in [1.165, 1.54) is 5.56 Å². The Labute approximate surface area is 162 Å². The molecule has 27 heavy (non-hydrogen) atoms. The maximum atomic E-state index is 12.1. The Hall–Kier alpha value is -2.49. The standard InChI is InChI=1S/C23H29NO3/c1-5-7-17(6-2)19-8-9-21-20(14-19)15-22(27-21)18-10-12-24(13-11-18)23(25)26-16(3)4/h5-9,14,16,18,22H,1-2,10-13,15H2,3-4H3/b17-7+. The molecule has 0 bridgehead atoms. The van der Waals surface area contributed by atoms with E-state index >= 15 is 0 Å². The average Bonchev–Trinajstić information content (AvgIpc) is 3.09. The molecule has 2 heterocycles. The summed E-state index contributed by atoms with van der Waals surface area (Å²) < 4.78 is 11.5. The fourth-order valence-electron chi connectivity index (χ4n) is 3.86. The summed E-state index contributed by atoms with van der Waals surface area (Å²) >= 11 is 0. The van der Waals surface area contributed by atoms with Crippen LogP contribution in [0.15, 0.2) is 49.6 Å². The maximum absolute atomic E-state index is 12.1. The Bertz CT molecular complexity index is 742. The van der Waals surface area contributed by atoms with E-state index in [1.807, 2.05) is 30.9 Å². The van der Waals surface area contributed by atoms with Crippen LogP contribution in [-0.2, 0) is 11.2 Å². The van der Waals surface area contributed by atoms with Gasteiger partial charge in [-0.15, -0.1) is 0 Å². The second kappa shape index (κ2) is 8.47. The van der Waals surface area contributed by atoms with Gasteiger partial charge in [0.25, 0.3) is 0 Å². The molecule has 0 N–H and O–H groups in total. The van der Waals surface area contributed by atoms with Gasteiger partial charge < -0.3 is 14.4 Å². The lowest BCUT2D eigenvalue weighted by Crippen LogP contribution is -2.43. The van der Waals surface area contributed by atoms with Gasteiger partial charge >= 0.3 is 6.09 Å². The number of carbonyl (C=O) groups excluding carboxylic acids is 1. The molecule has 0 aromatic heterocycles. The van der Waals surface area contributed by atoms with Gasteiger partial charge in [0.15, 0.2) is 0 Å². The number of rotatable bonds is 5. The summed E-state index contributed by atoms with van der Waals surface area (Å²) in [5.74, 6) is 1.44. The third-order valence-corrected chi connectivity index (χ3v) is 5.27. The van der Waals surface area contributed by atoms with Crippen LogP contribution >= 0.6 is 0 Å². The van der Waals surface area contributed by atoms with Crippen LogP contribution in [0.5, 0.6) is 5.75 Å². The molecule has 1 atom stereocenters. The van der Waals surface area contributed by atoms with Crippen molar-refractivity contribution >= 4 is 11.7 Å². The van der Waals surface area contributed by atoms with Crippen molar-refractivity contribution in [2.75, 3.05) is 13.1 Å². The average molecular weight is 367 g/mol. The van der Waals surface area contributed by atoms with E-state index in [4.69, 9.17) is 9.47 Å². The Morgan fingerprint density at radius 2 is 2.04 bits per heavy atom. The molecule has 1 saturated heterocycles. The Morgan fingerprint density at radius 3 is 2.67 bits per heavy atom. The summed E-state index contributed by atoms with van der Waals surface area (Å²) in [6.07, 6.45) is 8.33. The predicted octanol–water partition coefficient (Wildman–Crippen LogP) is 5.00. The lowest BCUT2D eigenvalue weighted by molar-refractivity contribution is 0.0503. The summed E-state index contributed by atoms with van der Waals surface area (Å²) in [4.78, 5) is 13.9. The molecule has 2 aliphatic heterocycles. The van der Waals surface area contributed by atoms with E-state index in [0.717, 1.165) is 49.2 Å². The first kappa shape index (κ1) is 19.3. The minimum atomic E-state index is -0.199. The second-order valence-electron chi connectivity index (χ2n) is 7.50. The van der Waals surface area contributed by atoms with Gasteiger partial charge in [0.2, 0.25) is 0 Å². The van der Waals surface area contributed by atoms with Crippen LogP contribution in [0, 0.1) is 5.92 Å². The van der Waals surface area contributed by atoms with Crippen LogP contribution in [0.3, 0.4) is 0 Å². The second-order valence-corrected chi connectivity index (χ2v) is 7.50. The van der Waals surface area contributed by atoms with Crippen molar-refractivity contribution in [2.24, 2.45) is 5.92 Å². The summed E-state index contributed by atoms with van der Waals surface area (Å²) in [6.45, 7) is 12.9. The van der Waals surface area contributed by atoms with Gasteiger partial charge in [0.1, 0.15) is 11.9 Å². The minimum absolute atomic E-state index is 0.0762. The highest BCUT2D eigenvalue weighted by molar-refractivity contribution is 5.75. The van der Waals surface area contributed by atoms with Crippen molar-refractivity contribution in [3.8, 4) is 5.75 Å². The predicted molar refractivity (Wildman–Crippen MR) is 109 cm³/mol. The minimum Gasteiger partial charge on any atom is -0.490 e. The zero-order chi connectivity index (χ0) is 19.4. The van der Waals surface area contributed by atoms with Gasteiger partial charge in [-0.05, 0) is 61.4 Å². The van der Waals surface area contributed by atoms with Gasteiger partial charge in [-0.3, -0.25) is 0 Å². The molecule has 1 unspecified atom stereocenters. The third kappa shape index (κ3) is 4.44. The van der Waals surface area contributed by atoms with E-state index in [1.54, 1.807) is 6.08 Å². The third-order valence-electron chi connectivity index (χ3n) is 5.27. The molecular weight excluding hydrogens is 338 g/mol. The van der Waals surface area contributed by atoms with E-state index < -0.39 is 0 Å². The number of fused-ring (bicyclic) bond motifs is 1. The molecule has 144 valence electrons. The van der Waals surface area contributed by atoms with E-state index in [-0.39, 0.29) is 18.3 Å². The maximum Gasteiger partial charge on any atom is 0.410 e. The number of nitrogens with zero attached hydrogens (tertiary/aromatic N) is 1. The molecule has 4 heteroatoms. The number of allylic oxidation sites excluding steroid dienone is 4. The van der Waals surface area contributed by atoms with Crippen LogP contribution < -0.4 is 4.74 Å². The van der Waals surface area contributed by atoms with Gasteiger partial charge in [-0.25, -0.2) is 4.79 Å². The molecule has 1 aromatic carbocycles. The fourth-order valence-corrected chi connectivity index (χ4v) is 3.86. The normalized spacial score (nSPS) is 20.2. The highest BCUT2D eigenvalue weighted by Crippen LogP contribution is 2.37. The van der Waals surface area contributed by atoms with Crippen LogP contribution in [0.25, 0.3) is 5.57 Å². The lowest BCUT2D eigenvalue weighted by Gasteiger charge is -2.34. The number of benzene rings is 1. The number of likely N-dealkylation sites (tertiary alicyclic amines) is 1. The Morgan fingerprint density at radius 1 is 1.30 bits per heavy atom. The van der Waals surface area contributed by atoms with Crippen molar-refractivity contribution in [3.05, 3.63) is 60.7 Å². The SMILES string of the molecule is C=C/C=C(\C=C)c1ccc2c(c1)CC(C1CCN(C(=O)OC(C)C)CC1)O2. The van der Waals surface area contributed by atoms with Crippen molar-refractivity contribution < 1.29 is 14.3 Å². The lowest BCUT2D eigenvalue weighted by atomic mass is 9.88. The molecule has 2 aliphatic rings. The molecule has 1 aromatic rings. The quantitative estimate of drug-likeness (QED) is 0.687. The fraction of sp³-hybridized carbons (Fsp3) is 0.435. The largest absolute Gasteiger partial charge is 0.490 e. The van der Waals surface area contributed by atoms with E-state index in [2.05, 4.69) is 31.4 Å². The van der Waals surface area contributed by atoms with Crippen LogP contribution in [-0.4, -0.2) is 36.3 Å². The number of amides is 1. The van der Waals surface area contributed by atoms with Crippen LogP contribution in [0.1, 0.15) is 37.8 Å². The molecule has 0 aliphatic carbocycles. The van der Waals surface area contributed by atoms with E-state index in [0.29, 0.717) is 5.92 Å². The van der Waals surface area contributed by atoms with Gasteiger partial charge in [-0.2, -0.15) is 0 Å². The topological polar surface area (TPSA) is 38.8 Å². The molecule has 1 fully saturated rings. The zero-order valence-corrected chi connectivity index (χ0v) is 16.3. The summed E-state index contributed by atoms with van der Waals surface area (Å²) in [5, 5.41) is 0. The first-order valence-corrected chi connectivity index (χ1v) is 9.72. The van der Waals surface area contributed by atoms with Crippen LogP contribution in [0.4, 0.5) is 4.79 Å². The Kier molecular flexibility index (Phi) is 6.04. The van der Waals surface area contributed by atoms with Crippen molar-refractivity contribution in [3.63, 3.8) is 0 Å². The van der Waals surface area contributed by atoms with Crippen molar-refractivity contribution in [1.82, 2.24) is 4.90 Å². The number of hydrogen-bond acceptors (Lipinski definition) is 3. The molecule has 4 nitrogen and oxygen atoms in total. The van der Waals surface area contributed by atoms with E-state index in [9.17, 15) is 4.79 Å². The summed E-state index contributed by atoms with van der Waals surface area (Å²) in [6, 6.07) is 6.32. The highest BCUT2D eigenvalue weighted by Gasteiger charge is 2.34. The molecule has 0 saturated carbocycles. The van der Waals surface area contributed by atoms with Gasteiger partial charge in [0, 0.05) is 19.5 Å². The summed E-state index contributed by atoms with van der Waals surface area (Å²) in [5.41, 5.74) is 3.45. The molecule has 3 rings (SSSR count). The van der Waals surface area contributed by atoms with Crippen LogP contribution in [0.2, 0.25) is 0 Å². The number of ether oxygens (including phenoxy) is 2. The molecule has 0 radical (unpaired) electrons. The zero-order valence-electron chi connectivity index (χ0n) is 16.3. The van der Waals surface area contributed by atoms with Gasteiger partial charge in [0.05, 0.1) is 6.10 Å². The van der Waals surface area contributed by atoms with Crippen molar-refractivity contribution in [2.45, 2.75) is 45.3 Å². The highest BCUT2D eigenvalue weighted by atomic mass is 16.6. The smallest absolute Gasteiger partial charge is 0.410 e.